The number of nitrogens with zero attached hydrogens (tertiary/aromatic N) is 2. The molecule has 0 saturated carbocycles. The van der Waals surface area contributed by atoms with Crippen LogP contribution >= 0.6 is 22.9 Å². The standard InChI is InChI=1S/C17H19ClN2O3S2/c18-14-3-1-13(2-4-14)16-19-11-15(24-16)25(21,22)20-8-5-17(12-20)6-9-23-10-7-17/h1-4,11H,5-10,12H2. The Morgan fingerprint density at radius 3 is 2.60 bits per heavy atom. The summed E-state index contributed by atoms with van der Waals surface area (Å²) in [7, 11) is -3.49. The fraction of sp³-hybridized carbons (Fsp3) is 0.471. The fourth-order valence-corrected chi connectivity index (χ4v) is 6.51. The fourth-order valence-electron chi connectivity index (χ4n) is 3.54. The Labute approximate surface area is 156 Å². The molecule has 0 radical (unpaired) electrons. The van der Waals surface area contributed by atoms with Crippen molar-refractivity contribution < 1.29 is 13.2 Å². The third-order valence-corrected chi connectivity index (χ3v) is 8.71. The molecule has 1 aromatic carbocycles. The first-order chi connectivity index (χ1) is 12.0. The van der Waals surface area contributed by atoms with Crippen LogP contribution in [0.4, 0.5) is 0 Å². The predicted octanol–water partition coefficient (Wildman–Crippen LogP) is 3.65. The zero-order valence-corrected chi connectivity index (χ0v) is 16.0. The molecular weight excluding hydrogens is 380 g/mol. The van der Waals surface area contributed by atoms with Gasteiger partial charge in [0, 0.05) is 36.9 Å². The van der Waals surface area contributed by atoms with Crippen LogP contribution < -0.4 is 0 Å². The van der Waals surface area contributed by atoms with Crippen LogP contribution in [0.5, 0.6) is 0 Å². The summed E-state index contributed by atoms with van der Waals surface area (Å²) in [6, 6.07) is 7.26. The van der Waals surface area contributed by atoms with E-state index in [2.05, 4.69) is 4.98 Å². The monoisotopic (exact) mass is 398 g/mol. The second-order valence-corrected chi connectivity index (χ2v) is 10.3. The van der Waals surface area contributed by atoms with Gasteiger partial charge in [-0.1, -0.05) is 23.7 Å². The lowest BCUT2D eigenvalue weighted by Gasteiger charge is -2.32. The second-order valence-electron chi connectivity index (χ2n) is 6.69. The quantitative estimate of drug-likeness (QED) is 0.791. The van der Waals surface area contributed by atoms with Gasteiger partial charge in [-0.3, -0.25) is 0 Å². The van der Waals surface area contributed by atoms with Crippen LogP contribution in [-0.2, 0) is 14.8 Å². The van der Waals surface area contributed by atoms with Crippen molar-refractivity contribution in [1.82, 2.24) is 9.29 Å². The molecule has 2 aromatic rings. The van der Waals surface area contributed by atoms with Crippen LogP contribution in [0.3, 0.4) is 0 Å². The van der Waals surface area contributed by atoms with Crippen LogP contribution in [0.1, 0.15) is 19.3 Å². The molecule has 5 nitrogen and oxygen atoms in total. The Kier molecular flexibility index (Phi) is 4.62. The average Bonchev–Trinajstić information content (AvgIpc) is 3.25. The van der Waals surface area contributed by atoms with E-state index in [0.29, 0.717) is 27.3 Å². The van der Waals surface area contributed by atoms with Crippen LogP contribution in [0.15, 0.2) is 34.7 Å². The van der Waals surface area contributed by atoms with Gasteiger partial charge in [-0.2, -0.15) is 4.31 Å². The molecule has 4 rings (SSSR count). The maximum Gasteiger partial charge on any atom is 0.254 e. The maximum absolute atomic E-state index is 13.0. The lowest BCUT2D eigenvalue weighted by atomic mass is 9.80. The first kappa shape index (κ1) is 17.4. The van der Waals surface area contributed by atoms with Crippen molar-refractivity contribution in [2.24, 2.45) is 5.41 Å². The van der Waals surface area contributed by atoms with Crippen LogP contribution in [0, 0.1) is 5.41 Å². The highest BCUT2D eigenvalue weighted by Gasteiger charge is 2.44. The molecule has 8 heteroatoms. The molecule has 1 spiro atoms. The number of halogens is 1. The van der Waals surface area contributed by atoms with Gasteiger partial charge in [-0.25, -0.2) is 13.4 Å². The highest BCUT2D eigenvalue weighted by molar-refractivity contribution is 7.91. The van der Waals surface area contributed by atoms with Crippen molar-refractivity contribution in [3.05, 3.63) is 35.5 Å². The molecular formula is C17H19ClN2O3S2. The molecule has 2 aliphatic heterocycles. The third kappa shape index (κ3) is 3.36. The minimum Gasteiger partial charge on any atom is -0.381 e. The predicted molar refractivity (Wildman–Crippen MR) is 98.4 cm³/mol. The van der Waals surface area contributed by atoms with Gasteiger partial charge in [-0.15, -0.1) is 11.3 Å². The first-order valence-corrected chi connectivity index (χ1v) is 10.9. The zero-order chi connectivity index (χ0) is 17.5. The van der Waals surface area contributed by atoms with E-state index in [1.807, 2.05) is 12.1 Å². The van der Waals surface area contributed by atoms with Crippen LogP contribution in [0.25, 0.3) is 10.6 Å². The lowest BCUT2D eigenvalue weighted by molar-refractivity contribution is 0.0222. The summed E-state index contributed by atoms with van der Waals surface area (Å²) in [6.45, 7) is 2.63. The van der Waals surface area contributed by atoms with Gasteiger partial charge in [-0.05, 0) is 36.8 Å². The van der Waals surface area contributed by atoms with E-state index in [1.54, 1.807) is 16.4 Å². The first-order valence-electron chi connectivity index (χ1n) is 8.28. The van der Waals surface area contributed by atoms with Crippen molar-refractivity contribution in [1.29, 1.82) is 0 Å². The topological polar surface area (TPSA) is 59.5 Å². The number of thiazole rings is 1. The van der Waals surface area contributed by atoms with Gasteiger partial charge in [0.15, 0.2) is 4.21 Å². The van der Waals surface area contributed by atoms with E-state index in [0.717, 1.165) is 38.0 Å². The van der Waals surface area contributed by atoms with E-state index in [4.69, 9.17) is 16.3 Å². The summed E-state index contributed by atoms with van der Waals surface area (Å²) in [5.74, 6) is 0. The number of ether oxygens (including phenoxy) is 1. The smallest absolute Gasteiger partial charge is 0.254 e. The van der Waals surface area contributed by atoms with Crippen molar-refractivity contribution in [2.45, 2.75) is 23.5 Å². The molecule has 2 aliphatic rings. The Bertz CT molecular complexity index is 858. The number of aromatic nitrogens is 1. The molecule has 0 N–H and O–H groups in total. The SMILES string of the molecule is O=S(=O)(c1cnc(-c2ccc(Cl)cc2)s1)N1CCC2(CCOCC2)C1. The molecule has 0 bridgehead atoms. The third-order valence-electron chi connectivity index (χ3n) is 5.13. The number of benzene rings is 1. The average molecular weight is 399 g/mol. The Hall–Kier alpha value is -0.990. The number of sulfonamides is 1. The summed E-state index contributed by atoms with van der Waals surface area (Å²) < 4.78 is 33.4. The van der Waals surface area contributed by atoms with Crippen molar-refractivity contribution in [3.8, 4) is 10.6 Å². The van der Waals surface area contributed by atoms with E-state index >= 15 is 0 Å². The molecule has 1 aromatic heterocycles. The number of rotatable bonds is 3. The molecule has 0 aliphatic carbocycles. The highest BCUT2D eigenvalue weighted by atomic mass is 35.5. The highest BCUT2D eigenvalue weighted by Crippen LogP contribution is 2.42. The number of hydrogen-bond acceptors (Lipinski definition) is 5. The van der Waals surface area contributed by atoms with Gasteiger partial charge in [0.2, 0.25) is 0 Å². The van der Waals surface area contributed by atoms with Gasteiger partial charge < -0.3 is 4.74 Å². The molecule has 25 heavy (non-hydrogen) atoms. The van der Waals surface area contributed by atoms with Crippen molar-refractivity contribution in [2.75, 3.05) is 26.3 Å². The normalized spacial score (nSPS) is 21.0. The van der Waals surface area contributed by atoms with E-state index in [9.17, 15) is 8.42 Å². The van der Waals surface area contributed by atoms with E-state index in [1.165, 1.54) is 17.5 Å². The van der Waals surface area contributed by atoms with Crippen LogP contribution in [-0.4, -0.2) is 44.0 Å². The molecule has 0 unspecified atom stereocenters. The number of hydrogen-bond donors (Lipinski definition) is 0. The molecule has 134 valence electrons. The van der Waals surface area contributed by atoms with Crippen LogP contribution in [0.2, 0.25) is 5.02 Å². The summed E-state index contributed by atoms with van der Waals surface area (Å²) in [5, 5.41) is 1.34. The Morgan fingerprint density at radius 1 is 1.16 bits per heavy atom. The lowest BCUT2D eigenvalue weighted by Crippen LogP contribution is -2.35. The summed E-state index contributed by atoms with van der Waals surface area (Å²) >= 11 is 7.12. The Morgan fingerprint density at radius 2 is 1.88 bits per heavy atom. The van der Waals surface area contributed by atoms with Gasteiger partial charge in [0.25, 0.3) is 10.0 Å². The van der Waals surface area contributed by atoms with E-state index < -0.39 is 10.0 Å². The Balaban J connectivity index is 1.56. The molecule has 0 amide bonds. The van der Waals surface area contributed by atoms with E-state index in [-0.39, 0.29) is 5.41 Å². The van der Waals surface area contributed by atoms with Crippen molar-refractivity contribution in [3.63, 3.8) is 0 Å². The minimum absolute atomic E-state index is 0.0923. The minimum atomic E-state index is -3.49. The molecule has 3 heterocycles. The zero-order valence-electron chi connectivity index (χ0n) is 13.7. The molecule has 2 fully saturated rings. The summed E-state index contributed by atoms with van der Waals surface area (Å²) in [6.07, 6.45) is 4.27. The second kappa shape index (κ2) is 6.63. The van der Waals surface area contributed by atoms with Crippen molar-refractivity contribution >= 4 is 33.0 Å². The summed E-state index contributed by atoms with van der Waals surface area (Å²) in [4.78, 5) is 4.31. The summed E-state index contributed by atoms with van der Waals surface area (Å²) in [5.41, 5.74) is 0.966. The van der Waals surface area contributed by atoms with Gasteiger partial charge in [0.1, 0.15) is 5.01 Å². The van der Waals surface area contributed by atoms with Gasteiger partial charge in [0.05, 0.1) is 6.20 Å². The molecule has 2 saturated heterocycles. The van der Waals surface area contributed by atoms with Gasteiger partial charge >= 0.3 is 0 Å². The molecule has 0 atom stereocenters. The maximum atomic E-state index is 13.0. The largest absolute Gasteiger partial charge is 0.381 e.